The first kappa shape index (κ1) is 18.9. The van der Waals surface area contributed by atoms with Gasteiger partial charge in [-0.2, -0.15) is 0 Å². The van der Waals surface area contributed by atoms with Crippen LogP contribution in [0.1, 0.15) is 27.2 Å². The molecule has 1 fully saturated rings. The lowest BCUT2D eigenvalue weighted by molar-refractivity contribution is -0.133. The van der Waals surface area contributed by atoms with E-state index in [-0.39, 0.29) is 42.6 Å². The van der Waals surface area contributed by atoms with Crippen molar-refractivity contribution in [3.8, 4) is 0 Å². The maximum absolute atomic E-state index is 12.1. The minimum absolute atomic E-state index is 0.0484. The molecule has 0 aliphatic carbocycles. The zero-order valence-electron chi connectivity index (χ0n) is 13.4. The molecular weight excluding hydrogens is 308 g/mol. The van der Waals surface area contributed by atoms with Crippen LogP contribution in [0.5, 0.6) is 0 Å². The molecule has 9 heteroatoms. The second-order valence-electron chi connectivity index (χ2n) is 5.75. The van der Waals surface area contributed by atoms with E-state index in [1.165, 1.54) is 0 Å². The van der Waals surface area contributed by atoms with Gasteiger partial charge in [0, 0.05) is 38.1 Å². The molecule has 1 aliphatic heterocycles. The van der Waals surface area contributed by atoms with E-state index in [0.29, 0.717) is 13.1 Å². The van der Waals surface area contributed by atoms with Gasteiger partial charge in [-0.25, -0.2) is 13.1 Å². The van der Waals surface area contributed by atoms with Crippen molar-refractivity contribution in [3.63, 3.8) is 0 Å². The van der Waals surface area contributed by atoms with Crippen molar-refractivity contribution in [1.82, 2.24) is 20.3 Å². The Balaban J connectivity index is 2.38. The summed E-state index contributed by atoms with van der Waals surface area (Å²) in [7, 11) is -3.64. The van der Waals surface area contributed by atoms with Crippen LogP contribution in [0.4, 0.5) is 0 Å². The first-order chi connectivity index (χ1) is 10.2. The predicted molar refractivity (Wildman–Crippen MR) is 83.7 cm³/mol. The normalized spacial score (nSPS) is 19.3. The van der Waals surface area contributed by atoms with Crippen molar-refractivity contribution in [3.05, 3.63) is 0 Å². The van der Waals surface area contributed by atoms with Crippen molar-refractivity contribution in [2.45, 2.75) is 39.3 Å². The van der Waals surface area contributed by atoms with Crippen LogP contribution in [0.3, 0.4) is 0 Å². The van der Waals surface area contributed by atoms with E-state index in [1.54, 1.807) is 18.7 Å². The van der Waals surface area contributed by atoms with Gasteiger partial charge in [0.05, 0.1) is 12.3 Å². The molecule has 1 saturated heterocycles. The molecule has 22 heavy (non-hydrogen) atoms. The summed E-state index contributed by atoms with van der Waals surface area (Å²) < 4.78 is 25.8. The summed E-state index contributed by atoms with van der Waals surface area (Å²) in [4.78, 5) is 25.2. The van der Waals surface area contributed by atoms with Gasteiger partial charge in [0.1, 0.15) is 0 Å². The topological polar surface area (TPSA) is 108 Å². The standard InChI is InChI=1S/C13H26N4O4S/c1-10(2)16-12(18)9-15-22(20,21)7-4-13(19)17-6-5-14-8-11(17)3/h10-11,14-15H,4-9H2,1-3H3,(H,16,18)/t11-/m1/s1. The number of nitrogens with one attached hydrogen (secondary N) is 3. The number of hydrogen-bond donors (Lipinski definition) is 3. The van der Waals surface area contributed by atoms with Crippen LogP contribution in [-0.2, 0) is 19.6 Å². The highest BCUT2D eigenvalue weighted by Gasteiger charge is 2.24. The summed E-state index contributed by atoms with van der Waals surface area (Å²) >= 11 is 0. The first-order valence-electron chi connectivity index (χ1n) is 7.48. The number of hydrogen-bond acceptors (Lipinski definition) is 5. The quantitative estimate of drug-likeness (QED) is 0.533. The molecule has 3 N–H and O–H groups in total. The number of rotatable bonds is 7. The first-order valence-corrected chi connectivity index (χ1v) is 9.13. The number of nitrogens with zero attached hydrogens (tertiary/aromatic N) is 1. The van der Waals surface area contributed by atoms with Crippen LogP contribution in [-0.4, -0.2) is 69.1 Å². The Labute approximate surface area is 132 Å². The second-order valence-corrected chi connectivity index (χ2v) is 7.68. The summed E-state index contributed by atoms with van der Waals surface area (Å²) in [6.07, 6.45) is -0.0779. The lowest BCUT2D eigenvalue weighted by Gasteiger charge is -2.34. The molecule has 0 saturated carbocycles. The van der Waals surface area contributed by atoms with Crippen molar-refractivity contribution >= 4 is 21.8 Å². The van der Waals surface area contributed by atoms with Gasteiger partial charge in [-0.1, -0.05) is 0 Å². The van der Waals surface area contributed by atoms with E-state index in [1.807, 2.05) is 6.92 Å². The molecular formula is C13H26N4O4S. The van der Waals surface area contributed by atoms with Gasteiger partial charge in [-0.15, -0.1) is 0 Å². The van der Waals surface area contributed by atoms with Crippen molar-refractivity contribution < 1.29 is 18.0 Å². The van der Waals surface area contributed by atoms with Crippen LogP contribution < -0.4 is 15.4 Å². The monoisotopic (exact) mass is 334 g/mol. The lowest BCUT2D eigenvalue weighted by Crippen LogP contribution is -2.52. The highest BCUT2D eigenvalue weighted by molar-refractivity contribution is 7.89. The van der Waals surface area contributed by atoms with Gasteiger partial charge >= 0.3 is 0 Å². The van der Waals surface area contributed by atoms with Crippen LogP contribution in [0.2, 0.25) is 0 Å². The summed E-state index contributed by atoms with van der Waals surface area (Å²) in [6, 6.07) is 0.0153. The third-order valence-electron chi connectivity index (χ3n) is 3.31. The average molecular weight is 334 g/mol. The zero-order valence-corrected chi connectivity index (χ0v) is 14.2. The van der Waals surface area contributed by atoms with Gasteiger partial charge in [0.25, 0.3) is 0 Å². The molecule has 0 aromatic carbocycles. The lowest BCUT2D eigenvalue weighted by atomic mass is 10.2. The summed E-state index contributed by atoms with van der Waals surface area (Å²) in [5.41, 5.74) is 0. The molecule has 0 spiro atoms. The van der Waals surface area contributed by atoms with Gasteiger partial charge in [-0.05, 0) is 20.8 Å². The third-order valence-corrected chi connectivity index (χ3v) is 4.63. The molecule has 1 rings (SSSR count). The van der Waals surface area contributed by atoms with E-state index >= 15 is 0 Å². The van der Waals surface area contributed by atoms with Crippen molar-refractivity contribution in [1.29, 1.82) is 0 Å². The van der Waals surface area contributed by atoms with E-state index in [4.69, 9.17) is 0 Å². The molecule has 0 aromatic heterocycles. The van der Waals surface area contributed by atoms with Gasteiger partial charge in [-0.3, -0.25) is 9.59 Å². The molecule has 0 bridgehead atoms. The van der Waals surface area contributed by atoms with E-state index in [9.17, 15) is 18.0 Å². The molecule has 128 valence electrons. The van der Waals surface area contributed by atoms with Gasteiger partial charge in [0.15, 0.2) is 0 Å². The minimum atomic E-state index is -3.64. The van der Waals surface area contributed by atoms with E-state index < -0.39 is 10.0 Å². The van der Waals surface area contributed by atoms with Crippen LogP contribution in [0, 0.1) is 0 Å². The largest absolute Gasteiger partial charge is 0.353 e. The molecule has 8 nitrogen and oxygen atoms in total. The predicted octanol–water partition coefficient (Wildman–Crippen LogP) is -1.36. The van der Waals surface area contributed by atoms with Crippen molar-refractivity contribution in [2.24, 2.45) is 0 Å². The molecule has 1 atom stereocenters. The fourth-order valence-electron chi connectivity index (χ4n) is 2.20. The molecule has 0 radical (unpaired) electrons. The Morgan fingerprint density at radius 3 is 2.64 bits per heavy atom. The smallest absolute Gasteiger partial charge is 0.235 e. The maximum atomic E-state index is 12.1. The average Bonchev–Trinajstić information content (AvgIpc) is 2.43. The number of carbonyl (C=O) groups excluding carboxylic acids is 2. The highest BCUT2D eigenvalue weighted by Crippen LogP contribution is 2.05. The molecule has 1 aliphatic rings. The van der Waals surface area contributed by atoms with Crippen molar-refractivity contribution in [2.75, 3.05) is 31.9 Å². The Morgan fingerprint density at radius 2 is 2.05 bits per heavy atom. The van der Waals surface area contributed by atoms with Gasteiger partial charge in [0.2, 0.25) is 21.8 Å². The molecule has 2 amide bonds. The second kappa shape index (κ2) is 8.44. The molecule has 1 heterocycles. The van der Waals surface area contributed by atoms with Crippen LogP contribution >= 0.6 is 0 Å². The number of piperazine rings is 1. The van der Waals surface area contributed by atoms with E-state index in [2.05, 4.69) is 15.4 Å². The Hall–Kier alpha value is -1.19. The third kappa shape index (κ3) is 6.71. The Bertz CT molecular complexity index is 492. The van der Waals surface area contributed by atoms with Crippen LogP contribution in [0.15, 0.2) is 0 Å². The highest BCUT2D eigenvalue weighted by atomic mass is 32.2. The summed E-state index contributed by atoms with van der Waals surface area (Å²) in [5.74, 6) is -0.871. The SMILES string of the molecule is CC(C)NC(=O)CNS(=O)(=O)CCC(=O)N1CCNC[C@H]1C. The Kier molecular flexibility index (Phi) is 7.24. The van der Waals surface area contributed by atoms with Gasteiger partial charge < -0.3 is 15.5 Å². The van der Waals surface area contributed by atoms with Crippen LogP contribution in [0.25, 0.3) is 0 Å². The summed E-state index contributed by atoms with van der Waals surface area (Å²) in [5, 5.41) is 5.76. The molecule has 0 unspecified atom stereocenters. The minimum Gasteiger partial charge on any atom is -0.353 e. The fraction of sp³-hybridized carbons (Fsp3) is 0.846. The molecule has 0 aromatic rings. The zero-order chi connectivity index (χ0) is 16.8. The fourth-order valence-corrected chi connectivity index (χ4v) is 3.14. The number of carbonyl (C=O) groups is 2. The van der Waals surface area contributed by atoms with E-state index in [0.717, 1.165) is 6.54 Å². The Morgan fingerprint density at radius 1 is 1.36 bits per heavy atom. The number of amides is 2. The maximum Gasteiger partial charge on any atom is 0.235 e. The number of sulfonamides is 1. The summed E-state index contributed by atoms with van der Waals surface area (Å²) in [6.45, 7) is 7.22.